The number of nitro benzene ring substituents is 1. The lowest BCUT2D eigenvalue weighted by molar-refractivity contribution is -0.384. The summed E-state index contributed by atoms with van der Waals surface area (Å²) in [6.45, 7) is 0. The van der Waals surface area contributed by atoms with Crippen LogP contribution < -0.4 is 14.2 Å². The monoisotopic (exact) mass is 468 g/mol. The van der Waals surface area contributed by atoms with Gasteiger partial charge in [-0.15, -0.1) is 0 Å². The molecule has 0 unspecified atom stereocenters. The van der Waals surface area contributed by atoms with E-state index < -0.39 is 14.9 Å². The van der Waals surface area contributed by atoms with Gasteiger partial charge in [0.05, 0.1) is 42.2 Å². The number of nitrogens with zero attached hydrogens (tertiary/aromatic N) is 2. The van der Waals surface area contributed by atoms with Gasteiger partial charge in [-0.1, -0.05) is 18.2 Å². The summed E-state index contributed by atoms with van der Waals surface area (Å²) in [4.78, 5) is 10.3. The van der Waals surface area contributed by atoms with E-state index in [2.05, 4.69) is 0 Å². The highest BCUT2D eigenvalue weighted by atomic mass is 32.2. The first-order valence-electron chi connectivity index (χ1n) is 9.72. The second-order valence-electron chi connectivity index (χ2n) is 7.02. The van der Waals surface area contributed by atoms with E-state index in [9.17, 15) is 18.5 Å². The minimum atomic E-state index is -4.06. The Kier molecular flexibility index (Phi) is 5.69. The molecule has 0 spiro atoms. The van der Waals surface area contributed by atoms with Crippen LogP contribution in [0.3, 0.4) is 0 Å². The van der Waals surface area contributed by atoms with E-state index in [1.165, 1.54) is 39.7 Å². The first-order valence-corrected chi connectivity index (χ1v) is 11.2. The molecule has 0 amide bonds. The topological polar surface area (TPSA) is 110 Å². The summed E-state index contributed by atoms with van der Waals surface area (Å²) in [5.74, 6) is 1.42. The molecule has 0 radical (unpaired) electrons. The van der Waals surface area contributed by atoms with Crippen LogP contribution in [0.25, 0.3) is 22.0 Å². The Bertz CT molecular complexity index is 1430. The summed E-state index contributed by atoms with van der Waals surface area (Å²) in [5, 5.41) is 11.6. The molecule has 0 aliphatic carbocycles. The zero-order chi connectivity index (χ0) is 23.8. The molecule has 9 nitrogen and oxygen atoms in total. The summed E-state index contributed by atoms with van der Waals surface area (Å²) in [6.07, 6.45) is 1.49. The minimum absolute atomic E-state index is 0.0749. The molecule has 0 aliphatic rings. The van der Waals surface area contributed by atoms with Crippen LogP contribution in [-0.2, 0) is 10.0 Å². The molecule has 4 aromatic rings. The van der Waals surface area contributed by atoms with E-state index in [1.807, 2.05) is 0 Å². The van der Waals surface area contributed by atoms with Crippen molar-refractivity contribution in [3.05, 3.63) is 77.0 Å². The minimum Gasteiger partial charge on any atom is -0.496 e. The maximum atomic E-state index is 13.5. The van der Waals surface area contributed by atoms with Crippen molar-refractivity contribution in [2.75, 3.05) is 21.3 Å². The number of methoxy groups -OCH3 is 3. The molecule has 0 N–H and O–H groups in total. The average molecular weight is 468 g/mol. The second-order valence-corrected chi connectivity index (χ2v) is 8.83. The summed E-state index contributed by atoms with van der Waals surface area (Å²) in [5.41, 5.74) is 1.38. The van der Waals surface area contributed by atoms with Crippen molar-refractivity contribution >= 4 is 26.6 Å². The van der Waals surface area contributed by atoms with Crippen molar-refractivity contribution in [3.8, 4) is 28.4 Å². The van der Waals surface area contributed by atoms with Gasteiger partial charge in [0.25, 0.3) is 15.7 Å². The lowest BCUT2D eigenvalue weighted by Gasteiger charge is -2.14. The van der Waals surface area contributed by atoms with Gasteiger partial charge in [-0.05, 0) is 18.2 Å². The molecular formula is C23H20N2O7S. The largest absolute Gasteiger partial charge is 0.496 e. The number of nitro groups is 1. The van der Waals surface area contributed by atoms with E-state index in [0.29, 0.717) is 39.3 Å². The fourth-order valence-electron chi connectivity index (χ4n) is 3.67. The normalized spacial score (nSPS) is 11.4. The third-order valence-electron chi connectivity index (χ3n) is 5.27. The van der Waals surface area contributed by atoms with Gasteiger partial charge < -0.3 is 14.2 Å². The van der Waals surface area contributed by atoms with Crippen LogP contribution in [0.4, 0.5) is 5.69 Å². The Morgan fingerprint density at radius 3 is 2.03 bits per heavy atom. The quantitative estimate of drug-likeness (QED) is 0.290. The third-order valence-corrected chi connectivity index (χ3v) is 6.95. The number of fused-ring (bicyclic) bond motifs is 1. The number of rotatable bonds is 7. The Labute approximate surface area is 189 Å². The predicted molar refractivity (Wildman–Crippen MR) is 123 cm³/mol. The molecule has 4 rings (SSSR count). The van der Waals surface area contributed by atoms with Gasteiger partial charge in [0, 0.05) is 41.4 Å². The maximum absolute atomic E-state index is 13.5. The van der Waals surface area contributed by atoms with Gasteiger partial charge in [-0.25, -0.2) is 12.4 Å². The number of aromatic nitrogens is 1. The fourth-order valence-corrected chi connectivity index (χ4v) is 5.04. The summed E-state index contributed by atoms with van der Waals surface area (Å²) in [7, 11) is 0.474. The highest BCUT2D eigenvalue weighted by molar-refractivity contribution is 7.90. The van der Waals surface area contributed by atoms with Crippen molar-refractivity contribution in [2.24, 2.45) is 0 Å². The van der Waals surface area contributed by atoms with E-state index >= 15 is 0 Å². The first-order chi connectivity index (χ1) is 15.8. The van der Waals surface area contributed by atoms with Crippen molar-refractivity contribution in [2.45, 2.75) is 4.90 Å². The molecule has 1 aromatic heterocycles. The number of non-ortho nitro benzene ring substituents is 1. The molecule has 0 bridgehead atoms. The van der Waals surface area contributed by atoms with E-state index in [1.54, 1.807) is 36.4 Å². The number of ether oxygens (including phenoxy) is 3. The van der Waals surface area contributed by atoms with Gasteiger partial charge in [-0.2, -0.15) is 0 Å². The lowest BCUT2D eigenvalue weighted by Crippen LogP contribution is -2.11. The summed E-state index contributed by atoms with van der Waals surface area (Å²) in [6, 6.07) is 15.2. The van der Waals surface area contributed by atoms with Gasteiger partial charge in [0.1, 0.15) is 17.2 Å². The fraction of sp³-hybridized carbons (Fsp3) is 0.130. The van der Waals surface area contributed by atoms with Crippen molar-refractivity contribution in [1.29, 1.82) is 0 Å². The molecule has 10 heteroatoms. The van der Waals surface area contributed by atoms with E-state index in [0.717, 1.165) is 16.1 Å². The third kappa shape index (κ3) is 3.74. The Morgan fingerprint density at radius 2 is 1.48 bits per heavy atom. The zero-order valence-electron chi connectivity index (χ0n) is 18.0. The molecule has 0 aliphatic heterocycles. The number of hydrogen-bond acceptors (Lipinski definition) is 7. The van der Waals surface area contributed by atoms with Crippen molar-refractivity contribution < 1.29 is 27.6 Å². The predicted octanol–water partition coefficient (Wildman–Crippen LogP) is 4.48. The molecule has 170 valence electrons. The number of benzene rings is 3. The van der Waals surface area contributed by atoms with Crippen LogP contribution in [0.5, 0.6) is 17.2 Å². The van der Waals surface area contributed by atoms with E-state index in [4.69, 9.17) is 14.2 Å². The Balaban J connectivity index is 1.98. The second kappa shape index (κ2) is 8.47. The first kappa shape index (κ1) is 22.2. The highest BCUT2D eigenvalue weighted by Crippen LogP contribution is 2.45. The smallest absolute Gasteiger partial charge is 0.269 e. The molecule has 1 heterocycles. The van der Waals surface area contributed by atoms with Gasteiger partial charge in [0.15, 0.2) is 0 Å². The van der Waals surface area contributed by atoms with Crippen LogP contribution >= 0.6 is 0 Å². The molecule has 0 fully saturated rings. The number of hydrogen-bond donors (Lipinski definition) is 0. The standard InChI is InChI=1S/C23H20N2O7S/c1-30-16-12-21(31-2)23(22(13-16)32-3)19-14-24(20-7-5-4-6-18(19)20)33(28,29)17-10-8-15(9-11-17)25(26)27/h4-14H,1-3H3. The summed E-state index contributed by atoms with van der Waals surface area (Å²) < 4.78 is 44.6. The maximum Gasteiger partial charge on any atom is 0.269 e. The Hall–Kier alpha value is -4.05. The zero-order valence-corrected chi connectivity index (χ0v) is 18.8. The van der Waals surface area contributed by atoms with E-state index in [-0.39, 0.29) is 10.6 Å². The summed E-state index contributed by atoms with van der Waals surface area (Å²) >= 11 is 0. The van der Waals surface area contributed by atoms with Crippen molar-refractivity contribution in [3.63, 3.8) is 0 Å². The van der Waals surface area contributed by atoms with Crippen molar-refractivity contribution in [1.82, 2.24) is 3.97 Å². The van der Waals surface area contributed by atoms with Crippen LogP contribution in [0.15, 0.2) is 71.8 Å². The molecular weight excluding hydrogens is 448 g/mol. The van der Waals surface area contributed by atoms with Crippen LogP contribution in [0.1, 0.15) is 0 Å². The van der Waals surface area contributed by atoms with Crippen LogP contribution in [0.2, 0.25) is 0 Å². The molecule has 0 atom stereocenters. The Morgan fingerprint density at radius 1 is 0.879 bits per heavy atom. The highest BCUT2D eigenvalue weighted by Gasteiger charge is 2.25. The van der Waals surface area contributed by atoms with Gasteiger partial charge in [-0.3, -0.25) is 10.1 Å². The average Bonchev–Trinajstić information content (AvgIpc) is 3.23. The lowest BCUT2D eigenvalue weighted by atomic mass is 10.0. The SMILES string of the molecule is COc1cc(OC)c(-c2cn(S(=O)(=O)c3ccc([N+](=O)[O-])cc3)c3ccccc23)c(OC)c1. The van der Waals surface area contributed by atoms with Crippen LogP contribution in [-0.4, -0.2) is 38.6 Å². The number of para-hydroxylation sites is 1. The van der Waals surface area contributed by atoms with Gasteiger partial charge >= 0.3 is 0 Å². The van der Waals surface area contributed by atoms with Crippen LogP contribution in [0, 0.1) is 10.1 Å². The van der Waals surface area contributed by atoms with Gasteiger partial charge in [0.2, 0.25) is 0 Å². The molecule has 0 saturated carbocycles. The molecule has 0 saturated heterocycles. The molecule has 3 aromatic carbocycles. The molecule has 33 heavy (non-hydrogen) atoms.